The van der Waals surface area contributed by atoms with E-state index in [1.54, 1.807) is 0 Å². The van der Waals surface area contributed by atoms with Crippen molar-refractivity contribution in [3.63, 3.8) is 0 Å². The van der Waals surface area contributed by atoms with Gasteiger partial charge in [-0.3, -0.25) is 0 Å². The number of nitrogens with two attached hydrogens (primary N) is 1. The zero-order valence-electron chi connectivity index (χ0n) is 11.9. The molecule has 0 radical (unpaired) electrons. The molecule has 4 heteroatoms. The van der Waals surface area contributed by atoms with Crippen LogP contribution in [0.1, 0.15) is 38.3 Å². The summed E-state index contributed by atoms with van der Waals surface area (Å²) in [4.78, 5) is 2.39. The topological polar surface area (TPSA) is 54.4 Å². The molecule has 1 rings (SSSR count). The molecule has 18 heavy (non-hydrogen) atoms. The third-order valence-electron chi connectivity index (χ3n) is 3.32. The molecular formula is C14H27N3O. The van der Waals surface area contributed by atoms with Gasteiger partial charge in [0, 0.05) is 26.1 Å². The highest BCUT2D eigenvalue weighted by Gasteiger charge is 2.13. The predicted molar refractivity (Wildman–Crippen MR) is 75.7 cm³/mol. The molecule has 0 aromatic carbocycles. The molecule has 0 aliphatic rings. The molecule has 4 nitrogen and oxygen atoms in total. The molecule has 0 bridgehead atoms. The molecule has 0 aliphatic carbocycles. The van der Waals surface area contributed by atoms with Crippen molar-refractivity contribution in [2.75, 3.05) is 32.7 Å². The van der Waals surface area contributed by atoms with Gasteiger partial charge in [-0.2, -0.15) is 0 Å². The second-order valence-corrected chi connectivity index (χ2v) is 4.43. The summed E-state index contributed by atoms with van der Waals surface area (Å²) >= 11 is 0. The standard InChI is InChI=1S/C14H27N3O/c1-4-12-7-8-14(18-12)13(11-15)16-9-10-17(5-2)6-3/h7-8,13,16H,4-6,9-11,15H2,1-3H3. The molecule has 0 aliphatic heterocycles. The van der Waals surface area contributed by atoms with Crippen LogP contribution >= 0.6 is 0 Å². The fraction of sp³-hybridized carbons (Fsp3) is 0.714. The van der Waals surface area contributed by atoms with Gasteiger partial charge in [0.05, 0.1) is 6.04 Å². The Morgan fingerprint density at radius 2 is 2.00 bits per heavy atom. The third kappa shape index (κ3) is 4.44. The number of likely N-dealkylation sites (N-methyl/N-ethyl adjacent to an activating group) is 1. The molecule has 1 aromatic rings. The zero-order valence-corrected chi connectivity index (χ0v) is 11.9. The van der Waals surface area contributed by atoms with E-state index in [-0.39, 0.29) is 6.04 Å². The lowest BCUT2D eigenvalue weighted by atomic mass is 10.2. The Hall–Kier alpha value is -0.840. The molecule has 0 saturated heterocycles. The van der Waals surface area contributed by atoms with Crippen LogP contribution in [0.25, 0.3) is 0 Å². The summed E-state index contributed by atoms with van der Waals surface area (Å²) in [5.41, 5.74) is 5.80. The van der Waals surface area contributed by atoms with Crippen molar-refractivity contribution in [2.45, 2.75) is 33.2 Å². The van der Waals surface area contributed by atoms with Crippen molar-refractivity contribution in [3.05, 3.63) is 23.7 Å². The Bertz CT molecular complexity index is 321. The summed E-state index contributed by atoms with van der Waals surface area (Å²) in [5, 5.41) is 3.46. The Labute approximate surface area is 111 Å². The van der Waals surface area contributed by atoms with Crippen LogP contribution in [0.15, 0.2) is 16.5 Å². The van der Waals surface area contributed by atoms with E-state index >= 15 is 0 Å². The second kappa shape index (κ2) is 8.29. The first-order chi connectivity index (χ1) is 8.74. The van der Waals surface area contributed by atoms with Crippen LogP contribution in [0, 0.1) is 0 Å². The molecule has 3 N–H and O–H groups in total. The monoisotopic (exact) mass is 253 g/mol. The van der Waals surface area contributed by atoms with Crippen molar-refractivity contribution in [2.24, 2.45) is 5.73 Å². The number of aryl methyl sites for hydroxylation is 1. The number of rotatable bonds is 9. The highest BCUT2D eigenvalue weighted by molar-refractivity contribution is 5.11. The molecule has 1 atom stereocenters. The second-order valence-electron chi connectivity index (χ2n) is 4.43. The van der Waals surface area contributed by atoms with Crippen LogP contribution < -0.4 is 11.1 Å². The predicted octanol–water partition coefficient (Wildman–Crippen LogP) is 1.77. The lowest BCUT2D eigenvalue weighted by molar-refractivity contribution is 0.291. The van der Waals surface area contributed by atoms with Gasteiger partial charge in [-0.15, -0.1) is 0 Å². The first kappa shape index (κ1) is 15.2. The SMILES string of the molecule is CCc1ccc(C(CN)NCCN(CC)CC)o1. The molecule has 1 aromatic heterocycles. The van der Waals surface area contributed by atoms with E-state index in [4.69, 9.17) is 10.2 Å². The van der Waals surface area contributed by atoms with Gasteiger partial charge in [0.25, 0.3) is 0 Å². The molecule has 0 fully saturated rings. The summed E-state index contributed by atoms with van der Waals surface area (Å²) in [6, 6.07) is 4.19. The van der Waals surface area contributed by atoms with Gasteiger partial charge < -0.3 is 20.4 Å². The minimum Gasteiger partial charge on any atom is -0.464 e. The number of nitrogens with zero attached hydrogens (tertiary/aromatic N) is 1. The summed E-state index contributed by atoms with van der Waals surface area (Å²) in [6.07, 6.45) is 0.927. The Morgan fingerprint density at radius 1 is 1.28 bits per heavy atom. The molecule has 104 valence electrons. The summed E-state index contributed by atoms with van der Waals surface area (Å²) in [7, 11) is 0. The molecule has 0 spiro atoms. The highest BCUT2D eigenvalue weighted by atomic mass is 16.3. The van der Waals surface area contributed by atoms with Gasteiger partial charge in [0.15, 0.2) is 0 Å². The van der Waals surface area contributed by atoms with Crippen LogP contribution in [0.3, 0.4) is 0 Å². The first-order valence-corrected chi connectivity index (χ1v) is 6.99. The minimum atomic E-state index is 0.126. The van der Waals surface area contributed by atoms with Crippen molar-refractivity contribution < 1.29 is 4.42 Å². The molecule has 0 amide bonds. The van der Waals surface area contributed by atoms with Gasteiger partial charge in [0.2, 0.25) is 0 Å². The van der Waals surface area contributed by atoms with Crippen LogP contribution in [0.5, 0.6) is 0 Å². The van der Waals surface area contributed by atoms with E-state index in [1.165, 1.54) is 0 Å². The van der Waals surface area contributed by atoms with Crippen molar-refractivity contribution >= 4 is 0 Å². The number of nitrogens with one attached hydrogen (secondary N) is 1. The smallest absolute Gasteiger partial charge is 0.122 e. The van der Waals surface area contributed by atoms with Crippen LogP contribution in [0.4, 0.5) is 0 Å². The lowest BCUT2D eigenvalue weighted by Gasteiger charge is -2.20. The zero-order chi connectivity index (χ0) is 13.4. The van der Waals surface area contributed by atoms with Gasteiger partial charge in [0.1, 0.15) is 11.5 Å². The average Bonchev–Trinajstić information content (AvgIpc) is 2.88. The molecule has 1 unspecified atom stereocenters. The Balaban J connectivity index is 2.42. The molecule has 1 heterocycles. The van der Waals surface area contributed by atoms with E-state index in [0.717, 1.165) is 44.1 Å². The van der Waals surface area contributed by atoms with Crippen LogP contribution in [0.2, 0.25) is 0 Å². The first-order valence-electron chi connectivity index (χ1n) is 6.99. The maximum atomic E-state index is 5.80. The Morgan fingerprint density at radius 3 is 2.50 bits per heavy atom. The summed E-state index contributed by atoms with van der Waals surface area (Å²) in [5.74, 6) is 1.97. The third-order valence-corrected chi connectivity index (χ3v) is 3.32. The summed E-state index contributed by atoms with van der Waals surface area (Å²) in [6.45, 7) is 11.2. The maximum Gasteiger partial charge on any atom is 0.122 e. The number of hydrogen-bond acceptors (Lipinski definition) is 4. The minimum absolute atomic E-state index is 0.126. The lowest BCUT2D eigenvalue weighted by Crippen LogP contribution is -2.36. The van der Waals surface area contributed by atoms with Gasteiger partial charge in [-0.25, -0.2) is 0 Å². The van der Waals surface area contributed by atoms with Crippen LogP contribution in [-0.2, 0) is 6.42 Å². The van der Waals surface area contributed by atoms with E-state index in [2.05, 4.69) is 31.0 Å². The fourth-order valence-electron chi connectivity index (χ4n) is 2.01. The molecular weight excluding hydrogens is 226 g/mol. The highest BCUT2D eigenvalue weighted by Crippen LogP contribution is 2.16. The van der Waals surface area contributed by atoms with E-state index in [9.17, 15) is 0 Å². The van der Waals surface area contributed by atoms with Crippen molar-refractivity contribution in [1.29, 1.82) is 0 Å². The number of furan rings is 1. The normalized spacial score (nSPS) is 13.2. The average molecular weight is 253 g/mol. The maximum absolute atomic E-state index is 5.80. The summed E-state index contributed by atoms with van der Waals surface area (Å²) < 4.78 is 5.74. The van der Waals surface area contributed by atoms with E-state index in [0.29, 0.717) is 6.54 Å². The van der Waals surface area contributed by atoms with Crippen molar-refractivity contribution in [1.82, 2.24) is 10.2 Å². The molecule has 0 saturated carbocycles. The Kier molecular flexibility index (Phi) is 7.01. The van der Waals surface area contributed by atoms with Crippen LogP contribution in [-0.4, -0.2) is 37.6 Å². The largest absolute Gasteiger partial charge is 0.464 e. The van der Waals surface area contributed by atoms with Gasteiger partial charge >= 0.3 is 0 Å². The van der Waals surface area contributed by atoms with E-state index in [1.807, 2.05) is 12.1 Å². The van der Waals surface area contributed by atoms with Gasteiger partial charge in [-0.05, 0) is 25.2 Å². The number of hydrogen-bond donors (Lipinski definition) is 2. The van der Waals surface area contributed by atoms with Crippen molar-refractivity contribution in [3.8, 4) is 0 Å². The fourth-order valence-corrected chi connectivity index (χ4v) is 2.01. The quantitative estimate of drug-likeness (QED) is 0.704. The van der Waals surface area contributed by atoms with Gasteiger partial charge in [-0.1, -0.05) is 20.8 Å². The van der Waals surface area contributed by atoms with E-state index < -0.39 is 0 Å².